The molecule has 0 spiro atoms. The molecule has 1 amide bonds. The summed E-state index contributed by atoms with van der Waals surface area (Å²) in [5.74, 6) is 0.163. The van der Waals surface area contributed by atoms with Gasteiger partial charge in [0.2, 0.25) is 5.91 Å². The van der Waals surface area contributed by atoms with Crippen LogP contribution in [-0.2, 0) is 24.0 Å². The van der Waals surface area contributed by atoms with Gasteiger partial charge in [-0.2, -0.15) is 13.2 Å². The number of hydrogen-bond acceptors (Lipinski definition) is 5. The number of thiazole rings is 1. The molecule has 9 heteroatoms. The summed E-state index contributed by atoms with van der Waals surface area (Å²) in [5, 5.41) is 4.85. The largest absolute Gasteiger partial charge is 0.485 e. The van der Waals surface area contributed by atoms with E-state index in [2.05, 4.69) is 15.3 Å². The van der Waals surface area contributed by atoms with Gasteiger partial charge in [0.25, 0.3) is 0 Å². The number of aromatic nitrogens is 2. The number of halogens is 3. The molecule has 0 unspecified atom stereocenters. The molecule has 5 nitrogen and oxygen atoms in total. The molecule has 0 saturated carbocycles. The first-order chi connectivity index (χ1) is 12.9. The van der Waals surface area contributed by atoms with Crippen molar-refractivity contribution in [3.63, 3.8) is 0 Å². The summed E-state index contributed by atoms with van der Waals surface area (Å²) in [7, 11) is 0. The number of rotatable bonds is 6. The number of ether oxygens (including phenoxy) is 1. The van der Waals surface area contributed by atoms with Crippen LogP contribution in [0, 0.1) is 0 Å². The van der Waals surface area contributed by atoms with Gasteiger partial charge in [-0.05, 0) is 30.3 Å². The summed E-state index contributed by atoms with van der Waals surface area (Å²) in [6, 6.07) is 8.01. The van der Waals surface area contributed by atoms with Crippen LogP contribution in [0.2, 0.25) is 0 Å². The Balaban J connectivity index is 1.55. The van der Waals surface area contributed by atoms with E-state index in [0.717, 1.165) is 12.1 Å². The van der Waals surface area contributed by atoms with Crippen molar-refractivity contribution in [2.45, 2.75) is 19.2 Å². The van der Waals surface area contributed by atoms with Crippen LogP contribution in [0.3, 0.4) is 0 Å². The highest BCUT2D eigenvalue weighted by atomic mass is 32.1. The Morgan fingerprint density at radius 1 is 1.22 bits per heavy atom. The molecule has 3 rings (SSSR count). The standard InChI is InChI=1S/C18H14F3N3O2S/c19-18(20,21)12-3-1-4-13(7-12)23-16(25)8-14-11-27-17(24-14)10-26-15-5-2-6-22-9-15/h1-7,9,11H,8,10H2,(H,23,25). The van der Waals surface area contributed by atoms with Crippen LogP contribution >= 0.6 is 11.3 Å². The van der Waals surface area contributed by atoms with Gasteiger partial charge < -0.3 is 10.1 Å². The van der Waals surface area contributed by atoms with E-state index in [1.165, 1.54) is 23.5 Å². The first-order valence-corrected chi connectivity index (χ1v) is 8.71. The summed E-state index contributed by atoms with van der Waals surface area (Å²) in [6.45, 7) is 0.242. The lowest BCUT2D eigenvalue weighted by Gasteiger charge is -2.09. The predicted molar refractivity (Wildman–Crippen MR) is 94.5 cm³/mol. The summed E-state index contributed by atoms with van der Waals surface area (Å²) in [5.41, 5.74) is -0.205. The van der Waals surface area contributed by atoms with Gasteiger partial charge in [-0.15, -0.1) is 11.3 Å². The molecule has 3 aromatic rings. The molecule has 2 aromatic heterocycles. The molecule has 0 aliphatic rings. The SMILES string of the molecule is O=C(Cc1csc(COc2cccnc2)n1)Nc1cccc(C(F)(F)F)c1. The third-order valence-electron chi connectivity index (χ3n) is 3.41. The first kappa shape index (κ1) is 18.8. The zero-order chi connectivity index (χ0) is 19.3. The number of alkyl halides is 3. The monoisotopic (exact) mass is 393 g/mol. The van der Waals surface area contributed by atoms with Gasteiger partial charge in [0.15, 0.2) is 0 Å². The van der Waals surface area contributed by atoms with Crippen LogP contribution in [-0.4, -0.2) is 15.9 Å². The molecule has 0 aliphatic carbocycles. The molecule has 0 aliphatic heterocycles. The Bertz CT molecular complexity index is 913. The van der Waals surface area contributed by atoms with Crippen LogP contribution < -0.4 is 10.1 Å². The predicted octanol–water partition coefficient (Wildman–Crippen LogP) is 4.32. The lowest BCUT2D eigenvalue weighted by molar-refractivity contribution is -0.137. The minimum Gasteiger partial charge on any atom is -0.485 e. The average molecular weight is 393 g/mol. The van der Waals surface area contributed by atoms with Crippen molar-refractivity contribution >= 4 is 22.9 Å². The van der Waals surface area contributed by atoms with Gasteiger partial charge in [0.05, 0.1) is 23.9 Å². The zero-order valence-corrected chi connectivity index (χ0v) is 14.7. The van der Waals surface area contributed by atoms with Crippen LogP contribution in [0.15, 0.2) is 54.2 Å². The zero-order valence-electron chi connectivity index (χ0n) is 13.9. The third kappa shape index (κ3) is 5.52. The quantitative estimate of drug-likeness (QED) is 0.678. The summed E-state index contributed by atoms with van der Waals surface area (Å²) in [4.78, 5) is 20.3. The van der Waals surface area contributed by atoms with Crippen molar-refractivity contribution in [2.75, 3.05) is 5.32 Å². The summed E-state index contributed by atoms with van der Waals surface area (Å²) < 4.78 is 43.7. The van der Waals surface area contributed by atoms with E-state index >= 15 is 0 Å². The molecule has 0 saturated heterocycles. The van der Waals surface area contributed by atoms with E-state index in [-0.39, 0.29) is 18.7 Å². The maximum Gasteiger partial charge on any atom is 0.416 e. The number of carbonyl (C=O) groups is 1. The molecule has 27 heavy (non-hydrogen) atoms. The van der Waals surface area contributed by atoms with Gasteiger partial charge >= 0.3 is 6.18 Å². The molecule has 0 bridgehead atoms. The van der Waals surface area contributed by atoms with E-state index in [0.29, 0.717) is 16.5 Å². The highest BCUT2D eigenvalue weighted by Crippen LogP contribution is 2.30. The molecular formula is C18H14F3N3O2S. The van der Waals surface area contributed by atoms with Crippen molar-refractivity contribution in [1.29, 1.82) is 0 Å². The fourth-order valence-electron chi connectivity index (χ4n) is 2.22. The smallest absolute Gasteiger partial charge is 0.416 e. The molecular weight excluding hydrogens is 379 g/mol. The maximum atomic E-state index is 12.7. The van der Waals surface area contributed by atoms with Crippen molar-refractivity contribution < 1.29 is 22.7 Å². The third-order valence-corrected chi connectivity index (χ3v) is 4.28. The van der Waals surface area contributed by atoms with Crippen molar-refractivity contribution in [3.8, 4) is 5.75 Å². The van der Waals surface area contributed by atoms with Gasteiger partial charge in [-0.1, -0.05) is 6.07 Å². The molecule has 0 radical (unpaired) electrons. The topological polar surface area (TPSA) is 64.1 Å². The molecule has 1 aromatic carbocycles. The minimum atomic E-state index is -4.46. The molecule has 140 valence electrons. The maximum absolute atomic E-state index is 12.7. The molecule has 1 N–H and O–H groups in total. The Morgan fingerprint density at radius 2 is 2.07 bits per heavy atom. The fraction of sp³-hybridized carbons (Fsp3) is 0.167. The minimum absolute atomic E-state index is 0.0420. The van der Waals surface area contributed by atoms with E-state index in [4.69, 9.17) is 4.74 Å². The van der Waals surface area contributed by atoms with Crippen LogP contribution in [0.25, 0.3) is 0 Å². The van der Waals surface area contributed by atoms with E-state index < -0.39 is 17.6 Å². The number of amides is 1. The number of carbonyl (C=O) groups excluding carboxylic acids is 1. The van der Waals surface area contributed by atoms with E-state index in [1.54, 1.807) is 29.9 Å². The van der Waals surface area contributed by atoms with Gasteiger partial charge in [-0.25, -0.2) is 4.98 Å². The normalized spacial score (nSPS) is 11.2. The number of nitrogens with one attached hydrogen (secondary N) is 1. The van der Waals surface area contributed by atoms with Gasteiger partial charge in [-0.3, -0.25) is 9.78 Å². The number of benzene rings is 1. The number of anilines is 1. The first-order valence-electron chi connectivity index (χ1n) is 7.83. The van der Waals surface area contributed by atoms with Crippen LogP contribution in [0.1, 0.15) is 16.3 Å². The second kappa shape index (κ2) is 8.17. The molecule has 0 fully saturated rings. The Labute approximate surface area is 156 Å². The van der Waals surface area contributed by atoms with Gasteiger partial charge in [0, 0.05) is 17.3 Å². The van der Waals surface area contributed by atoms with Crippen LogP contribution in [0.4, 0.5) is 18.9 Å². The number of nitrogens with zero attached hydrogens (tertiary/aromatic N) is 2. The lowest BCUT2D eigenvalue weighted by atomic mass is 10.2. The summed E-state index contributed by atoms with van der Waals surface area (Å²) >= 11 is 1.34. The van der Waals surface area contributed by atoms with Gasteiger partial charge in [0.1, 0.15) is 17.4 Å². The van der Waals surface area contributed by atoms with E-state index in [1.807, 2.05) is 0 Å². The average Bonchev–Trinajstić information content (AvgIpc) is 3.07. The highest BCUT2D eigenvalue weighted by molar-refractivity contribution is 7.09. The van der Waals surface area contributed by atoms with E-state index in [9.17, 15) is 18.0 Å². The second-order valence-electron chi connectivity index (χ2n) is 5.51. The van der Waals surface area contributed by atoms with Crippen LogP contribution in [0.5, 0.6) is 5.75 Å². The number of hydrogen-bond donors (Lipinski definition) is 1. The van der Waals surface area contributed by atoms with Crippen molar-refractivity contribution in [2.24, 2.45) is 0 Å². The molecule has 2 heterocycles. The Kier molecular flexibility index (Phi) is 5.70. The number of pyridine rings is 1. The fourth-order valence-corrected chi connectivity index (χ4v) is 2.92. The lowest BCUT2D eigenvalue weighted by Crippen LogP contribution is -2.15. The summed E-state index contributed by atoms with van der Waals surface area (Å²) in [6.07, 6.45) is -1.28. The Hall–Kier alpha value is -2.94. The highest BCUT2D eigenvalue weighted by Gasteiger charge is 2.30. The van der Waals surface area contributed by atoms with Crippen molar-refractivity contribution in [3.05, 3.63) is 70.4 Å². The Morgan fingerprint density at radius 3 is 2.81 bits per heavy atom. The molecule has 0 atom stereocenters. The van der Waals surface area contributed by atoms with Crippen molar-refractivity contribution in [1.82, 2.24) is 9.97 Å². The second-order valence-corrected chi connectivity index (χ2v) is 6.46.